The lowest BCUT2D eigenvalue weighted by atomic mass is 10.1. The predicted molar refractivity (Wildman–Crippen MR) is 161 cm³/mol. The van der Waals surface area contributed by atoms with Gasteiger partial charge in [0.1, 0.15) is 11.6 Å². The summed E-state index contributed by atoms with van der Waals surface area (Å²) in [6.45, 7) is 9.19. The van der Waals surface area contributed by atoms with Crippen molar-refractivity contribution in [1.29, 1.82) is 4.78 Å². The van der Waals surface area contributed by atoms with E-state index in [-0.39, 0.29) is 0 Å². The number of benzene rings is 3. The number of likely N-dealkylation sites (N-methyl/N-ethyl adjacent to an activating group) is 1. The number of aryl methyl sites for hydroxylation is 1. The van der Waals surface area contributed by atoms with E-state index in [4.69, 9.17) is 14.5 Å². The highest BCUT2D eigenvalue weighted by Gasteiger charge is 2.12. The molecule has 0 aliphatic carbocycles. The van der Waals surface area contributed by atoms with Gasteiger partial charge in [0.2, 0.25) is 5.95 Å². The second-order valence-electron chi connectivity index (χ2n) is 9.26. The molecule has 4 aromatic rings. The number of hydrogen-bond acceptors (Lipinski definition) is 8. The molecule has 1 atom stereocenters. The molecule has 3 aromatic carbocycles. The molecule has 0 saturated carbocycles. The van der Waals surface area contributed by atoms with Crippen molar-refractivity contribution in [2.24, 2.45) is 0 Å². The average Bonchev–Trinajstić information content (AvgIpc) is 2.92. The fourth-order valence-corrected chi connectivity index (χ4v) is 4.92. The molecule has 3 N–H and O–H groups in total. The molecule has 0 fully saturated rings. The third-order valence-corrected chi connectivity index (χ3v) is 7.38. The standard InChI is InChI=1S/C30H36N6O2S/c1-5-36(25-11-7-9-22(3)19-25)18-17-32-29-28(23-13-15-26(16-14-23)38-6-2)21-33-30(35-29)34-24-10-8-12-27(20-24)39(4,31)37/h7-16,19-21,31H,5-6,17-18H2,1-4H3,(H2,32,33,34,35). The Balaban J connectivity index is 1.59. The van der Waals surface area contributed by atoms with Gasteiger partial charge in [-0.2, -0.15) is 4.98 Å². The molecule has 1 aromatic heterocycles. The van der Waals surface area contributed by atoms with E-state index in [9.17, 15) is 4.21 Å². The molecule has 1 heterocycles. The Kier molecular flexibility index (Phi) is 9.03. The van der Waals surface area contributed by atoms with Crippen molar-refractivity contribution < 1.29 is 8.95 Å². The summed E-state index contributed by atoms with van der Waals surface area (Å²) in [6, 6.07) is 23.4. The molecule has 4 rings (SSSR count). The molecule has 204 valence electrons. The second kappa shape index (κ2) is 12.6. The fourth-order valence-electron chi connectivity index (χ4n) is 4.23. The molecule has 0 amide bonds. The molecule has 0 aliphatic rings. The first-order chi connectivity index (χ1) is 18.8. The van der Waals surface area contributed by atoms with Gasteiger partial charge in [-0.1, -0.05) is 30.3 Å². The van der Waals surface area contributed by atoms with Crippen molar-refractivity contribution in [1.82, 2.24) is 9.97 Å². The fraction of sp³-hybridized carbons (Fsp3) is 0.267. The summed E-state index contributed by atoms with van der Waals surface area (Å²) < 4.78 is 25.7. The Hall–Kier alpha value is -4.11. The molecular formula is C30H36N6O2S. The lowest BCUT2D eigenvalue weighted by Gasteiger charge is -2.24. The number of nitrogens with one attached hydrogen (secondary N) is 3. The van der Waals surface area contributed by atoms with Crippen LogP contribution in [-0.4, -0.2) is 46.7 Å². The van der Waals surface area contributed by atoms with Crippen LogP contribution in [0.1, 0.15) is 19.4 Å². The Labute approximate surface area is 231 Å². The number of nitrogens with zero attached hydrogens (tertiary/aromatic N) is 3. The summed E-state index contributed by atoms with van der Waals surface area (Å²) in [6.07, 6.45) is 3.20. The zero-order chi connectivity index (χ0) is 27.8. The normalized spacial score (nSPS) is 12.4. The largest absolute Gasteiger partial charge is 0.494 e. The van der Waals surface area contributed by atoms with E-state index in [1.165, 1.54) is 17.5 Å². The quantitative estimate of drug-likeness (QED) is 0.185. The van der Waals surface area contributed by atoms with Crippen LogP contribution in [-0.2, 0) is 9.73 Å². The van der Waals surface area contributed by atoms with E-state index < -0.39 is 9.73 Å². The number of rotatable bonds is 12. The van der Waals surface area contributed by atoms with Gasteiger partial charge in [0.05, 0.1) is 16.3 Å². The van der Waals surface area contributed by atoms with Crippen molar-refractivity contribution in [3.63, 3.8) is 0 Å². The van der Waals surface area contributed by atoms with E-state index in [0.29, 0.717) is 35.5 Å². The minimum Gasteiger partial charge on any atom is -0.494 e. The van der Waals surface area contributed by atoms with E-state index in [1.54, 1.807) is 24.4 Å². The maximum absolute atomic E-state index is 12.2. The maximum atomic E-state index is 12.2. The van der Waals surface area contributed by atoms with Crippen LogP contribution in [0, 0.1) is 11.7 Å². The van der Waals surface area contributed by atoms with Crippen LogP contribution in [0.15, 0.2) is 83.9 Å². The first-order valence-corrected chi connectivity index (χ1v) is 15.0. The topological polar surface area (TPSA) is 103 Å². The summed E-state index contributed by atoms with van der Waals surface area (Å²) in [5.74, 6) is 1.92. The van der Waals surface area contributed by atoms with Crippen LogP contribution in [0.25, 0.3) is 11.1 Å². The van der Waals surface area contributed by atoms with E-state index in [0.717, 1.165) is 30.0 Å². The van der Waals surface area contributed by atoms with Crippen molar-refractivity contribution >= 4 is 32.9 Å². The van der Waals surface area contributed by atoms with Crippen LogP contribution in [0.3, 0.4) is 0 Å². The zero-order valence-electron chi connectivity index (χ0n) is 22.9. The highest BCUT2D eigenvalue weighted by molar-refractivity contribution is 7.91. The van der Waals surface area contributed by atoms with E-state index in [1.807, 2.05) is 37.3 Å². The van der Waals surface area contributed by atoms with Crippen LogP contribution < -0.4 is 20.3 Å². The number of aromatic nitrogens is 2. The molecule has 0 spiro atoms. The van der Waals surface area contributed by atoms with Crippen molar-refractivity contribution in [3.8, 4) is 16.9 Å². The first kappa shape index (κ1) is 27.9. The van der Waals surface area contributed by atoms with Gasteiger partial charge in [0.15, 0.2) is 0 Å². The summed E-state index contributed by atoms with van der Waals surface area (Å²) in [5.41, 5.74) is 4.94. The van der Waals surface area contributed by atoms with Crippen LogP contribution in [0.5, 0.6) is 5.75 Å². The highest BCUT2D eigenvalue weighted by atomic mass is 32.2. The SMILES string of the molecule is CCOc1ccc(-c2cnc(Nc3cccc(S(C)(=N)=O)c3)nc2NCCN(CC)c2cccc(C)c2)cc1. The molecule has 9 heteroatoms. The van der Waals surface area contributed by atoms with Crippen LogP contribution in [0.4, 0.5) is 23.1 Å². The van der Waals surface area contributed by atoms with Gasteiger partial charge in [-0.05, 0) is 74.4 Å². The lowest BCUT2D eigenvalue weighted by Crippen LogP contribution is -2.29. The average molecular weight is 545 g/mol. The lowest BCUT2D eigenvalue weighted by molar-refractivity contribution is 0.340. The first-order valence-electron chi connectivity index (χ1n) is 13.0. The molecule has 0 aliphatic heterocycles. The van der Waals surface area contributed by atoms with Gasteiger partial charge in [-0.3, -0.25) is 0 Å². The van der Waals surface area contributed by atoms with Gasteiger partial charge in [0.25, 0.3) is 0 Å². The molecular weight excluding hydrogens is 508 g/mol. The minimum atomic E-state index is -2.83. The Morgan fingerprint density at radius 1 is 1.03 bits per heavy atom. The van der Waals surface area contributed by atoms with Crippen LogP contribution in [0.2, 0.25) is 0 Å². The Morgan fingerprint density at radius 2 is 1.79 bits per heavy atom. The minimum absolute atomic E-state index is 0.406. The summed E-state index contributed by atoms with van der Waals surface area (Å²) in [4.78, 5) is 12.1. The van der Waals surface area contributed by atoms with Crippen LogP contribution >= 0.6 is 0 Å². The second-order valence-corrected chi connectivity index (χ2v) is 11.4. The highest BCUT2D eigenvalue weighted by Crippen LogP contribution is 2.29. The van der Waals surface area contributed by atoms with Crippen molar-refractivity contribution in [2.75, 3.05) is 48.0 Å². The van der Waals surface area contributed by atoms with E-state index in [2.05, 4.69) is 58.6 Å². The predicted octanol–water partition coefficient (Wildman–Crippen LogP) is 6.57. The number of anilines is 4. The molecule has 8 nitrogen and oxygen atoms in total. The molecule has 39 heavy (non-hydrogen) atoms. The molecule has 0 bridgehead atoms. The molecule has 0 saturated heterocycles. The van der Waals surface area contributed by atoms with Crippen molar-refractivity contribution in [3.05, 3.63) is 84.6 Å². The number of hydrogen-bond donors (Lipinski definition) is 3. The third-order valence-electron chi connectivity index (χ3n) is 6.23. The smallest absolute Gasteiger partial charge is 0.229 e. The van der Waals surface area contributed by atoms with Gasteiger partial charge in [0, 0.05) is 53.9 Å². The summed E-state index contributed by atoms with van der Waals surface area (Å²) in [5, 5.41) is 6.72. The maximum Gasteiger partial charge on any atom is 0.229 e. The Bertz CT molecular complexity index is 1510. The number of ether oxygens (including phenoxy) is 1. The van der Waals surface area contributed by atoms with Gasteiger partial charge in [-0.15, -0.1) is 0 Å². The summed E-state index contributed by atoms with van der Waals surface area (Å²) >= 11 is 0. The molecule has 1 unspecified atom stereocenters. The Morgan fingerprint density at radius 3 is 2.49 bits per heavy atom. The monoisotopic (exact) mass is 544 g/mol. The molecule has 0 radical (unpaired) electrons. The van der Waals surface area contributed by atoms with Gasteiger partial charge >= 0.3 is 0 Å². The van der Waals surface area contributed by atoms with Gasteiger partial charge in [-0.25, -0.2) is 14.0 Å². The third kappa shape index (κ3) is 7.48. The zero-order valence-corrected chi connectivity index (χ0v) is 23.7. The van der Waals surface area contributed by atoms with E-state index >= 15 is 0 Å². The van der Waals surface area contributed by atoms with Crippen molar-refractivity contribution in [2.45, 2.75) is 25.7 Å². The van der Waals surface area contributed by atoms with Gasteiger partial charge < -0.3 is 20.3 Å². The summed E-state index contributed by atoms with van der Waals surface area (Å²) in [7, 11) is -2.83.